The van der Waals surface area contributed by atoms with Crippen molar-refractivity contribution in [1.82, 2.24) is 0 Å². The van der Waals surface area contributed by atoms with Crippen LogP contribution in [0, 0.1) is 0 Å². The molecule has 1 nitrogen and oxygen atoms in total. The van der Waals surface area contributed by atoms with Gasteiger partial charge in [-0.05, 0) is 30.9 Å². The maximum atomic E-state index is 11.5. The monoisotopic (exact) mass is 218 g/mol. The summed E-state index contributed by atoms with van der Waals surface area (Å²) in [7, 11) is 0. The SMILES string of the molecule is [Na+].[O-]c1ccc(Cl)cc1C1CCCC1. The van der Waals surface area contributed by atoms with Gasteiger partial charge in [0.05, 0.1) is 0 Å². The van der Waals surface area contributed by atoms with Gasteiger partial charge in [-0.2, -0.15) is 0 Å². The molecule has 0 radical (unpaired) electrons. The molecule has 3 heteroatoms. The first-order valence-electron chi connectivity index (χ1n) is 4.74. The summed E-state index contributed by atoms with van der Waals surface area (Å²) in [5.74, 6) is 0.613. The normalized spacial score (nSPS) is 16.6. The van der Waals surface area contributed by atoms with Gasteiger partial charge in [-0.15, -0.1) is 5.75 Å². The molecule has 0 spiro atoms. The second kappa shape index (κ2) is 5.41. The second-order valence-electron chi connectivity index (χ2n) is 3.66. The fourth-order valence-corrected chi connectivity index (χ4v) is 2.26. The largest absolute Gasteiger partial charge is 1.00 e. The van der Waals surface area contributed by atoms with E-state index >= 15 is 0 Å². The molecule has 14 heavy (non-hydrogen) atoms. The number of halogens is 1. The Bertz CT molecular complexity index is 308. The van der Waals surface area contributed by atoms with Crippen LogP contribution in [0.1, 0.15) is 37.2 Å². The summed E-state index contributed by atoms with van der Waals surface area (Å²) < 4.78 is 0. The first-order chi connectivity index (χ1) is 6.27. The van der Waals surface area contributed by atoms with Crippen LogP contribution in [0.4, 0.5) is 0 Å². The smallest absolute Gasteiger partial charge is 0.872 e. The summed E-state index contributed by atoms with van der Waals surface area (Å²) >= 11 is 5.86. The van der Waals surface area contributed by atoms with Crippen LogP contribution in [-0.2, 0) is 0 Å². The number of benzene rings is 1. The minimum atomic E-state index is 0. The van der Waals surface area contributed by atoms with Gasteiger partial charge in [0.1, 0.15) is 0 Å². The van der Waals surface area contributed by atoms with Crippen molar-refractivity contribution in [1.29, 1.82) is 0 Å². The predicted octanol–water partition coefficient (Wildman–Crippen LogP) is 0.0752. The van der Waals surface area contributed by atoms with Gasteiger partial charge in [-0.3, -0.25) is 0 Å². The topological polar surface area (TPSA) is 23.1 Å². The van der Waals surface area contributed by atoms with E-state index in [1.165, 1.54) is 12.8 Å². The van der Waals surface area contributed by atoms with Crippen molar-refractivity contribution < 1.29 is 34.7 Å². The summed E-state index contributed by atoms with van der Waals surface area (Å²) in [4.78, 5) is 0. The molecular weight excluding hydrogens is 207 g/mol. The van der Waals surface area contributed by atoms with Crippen molar-refractivity contribution in [2.24, 2.45) is 0 Å². The molecule has 2 rings (SSSR count). The zero-order valence-corrected chi connectivity index (χ0v) is 11.2. The maximum Gasteiger partial charge on any atom is 1.00 e. The zero-order valence-electron chi connectivity index (χ0n) is 8.42. The van der Waals surface area contributed by atoms with Crippen LogP contribution in [0.2, 0.25) is 5.02 Å². The molecule has 0 aliphatic heterocycles. The average Bonchev–Trinajstić information content (AvgIpc) is 2.61. The van der Waals surface area contributed by atoms with Gasteiger partial charge in [0, 0.05) is 5.02 Å². The van der Waals surface area contributed by atoms with E-state index < -0.39 is 0 Å². The zero-order chi connectivity index (χ0) is 9.26. The van der Waals surface area contributed by atoms with Gasteiger partial charge < -0.3 is 5.11 Å². The van der Waals surface area contributed by atoms with Crippen molar-refractivity contribution in [2.45, 2.75) is 31.6 Å². The van der Waals surface area contributed by atoms with Crippen LogP contribution in [0.3, 0.4) is 0 Å². The maximum absolute atomic E-state index is 11.5. The number of hydrogen-bond acceptors (Lipinski definition) is 1. The van der Waals surface area contributed by atoms with Crippen molar-refractivity contribution >= 4 is 11.6 Å². The fraction of sp³-hybridized carbons (Fsp3) is 0.455. The van der Waals surface area contributed by atoms with Crippen LogP contribution in [0.5, 0.6) is 5.75 Å². The Hall–Kier alpha value is 0.310. The van der Waals surface area contributed by atoms with Gasteiger partial charge in [0.15, 0.2) is 0 Å². The molecule has 70 valence electrons. The molecule has 1 aromatic rings. The summed E-state index contributed by atoms with van der Waals surface area (Å²) in [5.41, 5.74) is 0.921. The molecular formula is C11H12ClNaO. The Morgan fingerprint density at radius 3 is 2.50 bits per heavy atom. The molecule has 1 saturated carbocycles. The van der Waals surface area contributed by atoms with E-state index in [0.717, 1.165) is 18.4 Å². The molecule has 0 unspecified atom stereocenters. The van der Waals surface area contributed by atoms with Crippen molar-refractivity contribution in [3.05, 3.63) is 28.8 Å². The molecule has 1 aliphatic rings. The fourth-order valence-electron chi connectivity index (χ4n) is 2.08. The van der Waals surface area contributed by atoms with Crippen molar-refractivity contribution in [3.8, 4) is 5.75 Å². The first-order valence-corrected chi connectivity index (χ1v) is 5.11. The van der Waals surface area contributed by atoms with E-state index in [4.69, 9.17) is 11.6 Å². The van der Waals surface area contributed by atoms with Gasteiger partial charge in [0.2, 0.25) is 0 Å². The summed E-state index contributed by atoms with van der Waals surface area (Å²) in [5, 5.41) is 12.2. The van der Waals surface area contributed by atoms with Crippen molar-refractivity contribution in [3.63, 3.8) is 0 Å². The summed E-state index contributed by atoms with van der Waals surface area (Å²) in [6, 6.07) is 5.08. The minimum absolute atomic E-state index is 0. The van der Waals surface area contributed by atoms with E-state index in [0.29, 0.717) is 10.9 Å². The van der Waals surface area contributed by atoms with Crippen LogP contribution >= 0.6 is 11.6 Å². The Balaban J connectivity index is 0.000000980. The molecule has 1 fully saturated rings. The Morgan fingerprint density at radius 1 is 1.21 bits per heavy atom. The van der Waals surface area contributed by atoms with Gasteiger partial charge in [-0.25, -0.2) is 0 Å². The molecule has 0 N–H and O–H groups in total. The second-order valence-corrected chi connectivity index (χ2v) is 4.10. The van der Waals surface area contributed by atoms with Crippen molar-refractivity contribution in [2.75, 3.05) is 0 Å². The first kappa shape index (κ1) is 12.4. The van der Waals surface area contributed by atoms with Gasteiger partial charge in [-0.1, -0.05) is 36.1 Å². The molecule has 1 aliphatic carbocycles. The van der Waals surface area contributed by atoms with E-state index in [-0.39, 0.29) is 35.3 Å². The van der Waals surface area contributed by atoms with Crippen LogP contribution in [0.15, 0.2) is 18.2 Å². The Morgan fingerprint density at radius 2 is 1.86 bits per heavy atom. The minimum Gasteiger partial charge on any atom is -0.872 e. The third-order valence-electron chi connectivity index (χ3n) is 2.77. The van der Waals surface area contributed by atoms with Crippen LogP contribution < -0.4 is 34.7 Å². The molecule has 0 amide bonds. The Kier molecular flexibility index (Phi) is 4.78. The van der Waals surface area contributed by atoms with E-state index in [2.05, 4.69) is 0 Å². The van der Waals surface area contributed by atoms with Gasteiger partial charge >= 0.3 is 29.6 Å². The molecule has 0 aromatic heterocycles. The molecule has 1 aromatic carbocycles. The van der Waals surface area contributed by atoms with E-state index in [1.807, 2.05) is 6.07 Å². The third kappa shape index (κ3) is 2.66. The average molecular weight is 219 g/mol. The Labute approximate surface area is 112 Å². The number of hydrogen-bond donors (Lipinski definition) is 0. The molecule has 0 heterocycles. The standard InChI is InChI=1S/C11H13ClO.Na/c12-9-5-6-11(13)10(7-9)8-3-1-2-4-8;/h5-8,13H,1-4H2;/q;+1/p-1. The predicted molar refractivity (Wildman–Crippen MR) is 52.1 cm³/mol. The molecule has 0 atom stereocenters. The summed E-state index contributed by atoms with van der Waals surface area (Å²) in [6.07, 6.45) is 4.79. The quantitative estimate of drug-likeness (QED) is 0.612. The van der Waals surface area contributed by atoms with E-state index in [1.54, 1.807) is 12.1 Å². The van der Waals surface area contributed by atoms with Crippen LogP contribution in [-0.4, -0.2) is 0 Å². The van der Waals surface area contributed by atoms with E-state index in [9.17, 15) is 5.11 Å². The summed E-state index contributed by atoms with van der Waals surface area (Å²) in [6.45, 7) is 0. The molecule has 0 saturated heterocycles. The van der Waals surface area contributed by atoms with Crippen LogP contribution in [0.25, 0.3) is 0 Å². The molecule has 0 bridgehead atoms. The third-order valence-corrected chi connectivity index (χ3v) is 3.00. The van der Waals surface area contributed by atoms with Gasteiger partial charge in [0.25, 0.3) is 0 Å². The number of rotatable bonds is 1.